The highest BCUT2D eigenvalue weighted by Gasteiger charge is 2.30. The van der Waals surface area contributed by atoms with Crippen LogP contribution >= 0.6 is 0 Å². The number of rotatable bonds is 4. The van der Waals surface area contributed by atoms with Gasteiger partial charge in [0, 0.05) is 19.6 Å². The number of hydrogen-bond acceptors (Lipinski definition) is 2. The van der Waals surface area contributed by atoms with Crippen molar-refractivity contribution in [2.45, 2.75) is 18.7 Å². The summed E-state index contributed by atoms with van der Waals surface area (Å²) in [6.45, 7) is 1.80. The molecule has 0 aliphatic carbocycles. The van der Waals surface area contributed by atoms with Crippen molar-refractivity contribution in [1.29, 1.82) is 0 Å². The van der Waals surface area contributed by atoms with E-state index in [0.29, 0.717) is 31.6 Å². The summed E-state index contributed by atoms with van der Waals surface area (Å²) < 4.78 is 38.8. The molecule has 1 heterocycles. The quantitative estimate of drug-likeness (QED) is 0.612. The van der Waals surface area contributed by atoms with E-state index in [1.165, 1.54) is 12.1 Å². The molecule has 1 N–H and O–H groups in total. The molecule has 2 nitrogen and oxygen atoms in total. The van der Waals surface area contributed by atoms with E-state index in [-0.39, 0.29) is 0 Å². The van der Waals surface area contributed by atoms with Gasteiger partial charge < -0.3 is 5.11 Å². The van der Waals surface area contributed by atoms with Gasteiger partial charge in [-0.3, -0.25) is 4.90 Å². The molecule has 0 amide bonds. The second-order valence-corrected chi connectivity index (χ2v) is 7.44. The molecule has 1 aliphatic heterocycles. The zero-order valence-corrected chi connectivity index (χ0v) is 15.9. The molecule has 0 fully saturated rings. The van der Waals surface area contributed by atoms with Crippen LogP contribution in [-0.2, 0) is 6.18 Å². The highest BCUT2D eigenvalue weighted by atomic mass is 19.4. The summed E-state index contributed by atoms with van der Waals surface area (Å²) >= 11 is 0. The summed E-state index contributed by atoms with van der Waals surface area (Å²) in [6, 6.07) is 19.5. The molecular weight excluding hydrogens is 375 g/mol. The standard InChI is InChI=1S/C24H22F3NO/c25-24(26,27)22-7-3-6-20(15-22)18-10-12-28(13-11-18)16-23(29)21-9-8-17-4-1-2-5-19(17)14-21/h1-10,14-15,23,29H,11-13,16H2. The van der Waals surface area contributed by atoms with Crippen molar-refractivity contribution in [3.05, 3.63) is 89.5 Å². The second-order valence-electron chi connectivity index (χ2n) is 7.44. The molecule has 1 atom stereocenters. The molecule has 3 aromatic rings. The maximum atomic E-state index is 12.9. The highest BCUT2D eigenvalue weighted by molar-refractivity contribution is 5.83. The van der Waals surface area contributed by atoms with Crippen molar-refractivity contribution in [1.82, 2.24) is 4.90 Å². The Labute approximate surface area is 167 Å². The van der Waals surface area contributed by atoms with E-state index in [9.17, 15) is 18.3 Å². The van der Waals surface area contributed by atoms with Crippen LogP contribution < -0.4 is 0 Å². The van der Waals surface area contributed by atoms with E-state index < -0.39 is 17.8 Å². The van der Waals surface area contributed by atoms with Crippen LogP contribution in [0, 0.1) is 0 Å². The minimum Gasteiger partial charge on any atom is -0.387 e. The third kappa shape index (κ3) is 4.52. The zero-order valence-electron chi connectivity index (χ0n) is 15.9. The van der Waals surface area contributed by atoms with Crippen LogP contribution in [0.2, 0.25) is 0 Å². The van der Waals surface area contributed by atoms with Crippen molar-refractivity contribution >= 4 is 16.3 Å². The number of benzene rings is 3. The zero-order chi connectivity index (χ0) is 20.4. The summed E-state index contributed by atoms with van der Waals surface area (Å²) in [5.74, 6) is 0. The first-order chi connectivity index (χ1) is 13.9. The summed E-state index contributed by atoms with van der Waals surface area (Å²) in [5, 5.41) is 12.9. The molecule has 4 rings (SSSR count). The lowest BCUT2D eigenvalue weighted by Crippen LogP contribution is -2.32. The highest BCUT2D eigenvalue weighted by Crippen LogP contribution is 2.32. The van der Waals surface area contributed by atoms with Crippen LogP contribution in [0.4, 0.5) is 13.2 Å². The van der Waals surface area contributed by atoms with Crippen LogP contribution in [0.25, 0.3) is 16.3 Å². The van der Waals surface area contributed by atoms with Crippen molar-refractivity contribution in [3.8, 4) is 0 Å². The Bertz CT molecular complexity index is 1040. The van der Waals surface area contributed by atoms with E-state index >= 15 is 0 Å². The Kier molecular flexibility index (Phi) is 5.43. The van der Waals surface area contributed by atoms with Gasteiger partial charge in [0.05, 0.1) is 11.7 Å². The minimum atomic E-state index is -4.33. The number of aliphatic hydroxyl groups is 1. The van der Waals surface area contributed by atoms with Crippen LogP contribution in [0.1, 0.15) is 29.2 Å². The van der Waals surface area contributed by atoms with E-state index in [0.717, 1.165) is 28.0 Å². The molecule has 0 bridgehead atoms. The SMILES string of the molecule is OC(CN1CC=C(c2cccc(C(F)(F)F)c2)CC1)c1ccc2ccccc2c1. The van der Waals surface area contributed by atoms with Crippen LogP contribution in [-0.4, -0.2) is 29.6 Å². The molecule has 5 heteroatoms. The Morgan fingerprint density at radius 1 is 0.931 bits per heavy atom. The van der Waals surface area contributed by atoms with E-state index in [4.69, 9.17) is 0 Å². The smallest absolute Gasteiger partial charge is 0.387 e. The van der Waals surface area contributed by atoms with Crippen molar-refractivity contribution in [2.75, 3.05) is 19.6 Å². The number of aliphatic hydroxyl groups excluding tert-OH is 1. The van der Waals surface area contributed by atoms with Gasteiger partial charge in [-0.2, -0.15) is 13.2 Å². The monoisotopic (exact) mass is 397 g/mol. The number of β-amino-alcohol motifs (C(OH)–C–C–N with tert-alkyl or cyclic N) is 1. The largest absolute Gasteiger partial charge is 0.416 e. The predicted octanol–water partition coefficient (Wildman–Crippen LogP) is 5.68. The number of hydrogen-bond donors (Lipinski definition) is 1. The topological polar surface area (TPSA) is 23.5 Å². The first-order valence-electron chi connectivity index (χ1n) is 9.66. The molecule has 29 heavy (non-hydrogen) atoms. The fourth-order valence-electron chi connectivity index (χ4n) is 3.80. The normalized spacial score (nSPS) is 16.6. The molecule has 0 spiro atoms. The Morgan fingerprint density at radius 2 is 1.72 bits per heavy atom. The van der Waals surface area contributed by atoms with Gasteiger partial charge in [0.25, 0.3) is 0 Å². The van der Waals surface area contributed by atoms with E-state index in [1.807, 2.05) is 48.5 Å². The average Bonchev–Trinajstić information content (AvgIpc) is 2.73. The van der Waals surface area contributed by atoms with E-state index in [1.54, 1.807) is 6.07 Å². The summed E-state index contributed by atoms with van der Waals surface area (Å²) in [7, 11) is 0. The van der Waals surface area contributed by atoms with Gasteiger partial charge in [-0.15, -0.1) is 0 Å². The molecule has 0 saturated carbocycles. The number of fused-ring (bicyclic) bond motifs is 1. The van der Waals surface area contributed by atoms with Gasteiger partial charge in [0.2, 0.25) is 0 Å². The predicted molar refractivity (Wildman–Crippen MR) is 109 cm³/mol. The lowest BCUT2D eigenvalue weighted by Gasteiger charge is -2.28. The maximum absolute atomic E-state index is 12.9. The van der Waals surface area contributed by atoms with Crippen molar-refractivity contribution < 1.29 is 18.3 Å². The fourth-order valence-corrected chi connectivity index (χ4v) is 3.80. The lowest BCUT2D eigenvalue weighted by atomic mass is 9.97. The third-order valence-corrected chi connectivity index (χ3v) is 5.44. The Balaban J connectivity index is 1.43. The first-order valence-corrected chi connectivity index (χ1v) is 9.66. The molecule has 0 aromatic heterocycles. The molecule has 150 valence electrons. The van der Waals surface area contributed by atoms with Gasteiger partial charge >= 0.3 is 6.18 Å². The fraction of sp³-hybridized carbons (Fsp3) is 0.250. The van der Waals surface area contributed by atoms with Crippen molar-refractivity contribution in [3.63, 3.8) is 0 Å². The van der Waals surface area contributed by atoms with Crippen LogP contribution in [0.15, 0.2) is 72.8 Å². The Morgan fingerprint density at radius 3 is 2.45 bits per heavy atom. The average molecular weight is 397 g/mol. The first kappa shape index (κ1) is 19.7. The van der Waals surface area contributed by atoms with Gasteiger partial charge in [0.15, 0.2) is 0 Å². The van der Waals surface area contributed by atoms with Gasteiger partial charge in [-0.25, -0.2) is 0 Å². The summed E-state index contributed by atoms with van der Waals surface area (Å²) in [4.78, 5) is 2.12. The number of nitrogens with zero attached hydrogens (tertiary/aromatic N) is 1. The van der Waals surface area contributed by atoms with Crippen molar-refractivity contribution in [2.24, 2.45) is 0 Å². The Hall–Kier alpha value is -2.63. The van der Waals surface area contributed by atoms with Gasteiger partial charge in [0.1, 0.15) is 0 Å². The van der Waals surface area contributed by atoms with E-state index in [2.05, 4.69) is 4.90 Å². The maximum Gasteiger partial charge on any atom is 0.416 e. The molecular formula is C24H22F3NO. The van der Waals surface area contributed by atoms with Crippen LogP contribution in [0.3, 0.4) is 0 Å². The second kappa shape index (κ2) is 8.01. The lowest BCUT2D eigenvalue weighted by molar-refractivity contribution is -0.137. The third-order valence-electron chi connectivity index (χ3n) is 5.44. The molecule has 1 aliphatic rings. The van der Waals surface area contributed by atoms with Crippen LogP contribution in [0.5, 0.6) is 0 Å². The molecule has 0 saturated heterocycles. The van der Waals surface area contributed by atoms with Gasteiger partial charge in [-0.05, 0) is 52.1 Å². The number of alkyl halides is 3. The summed E-state index contributed by atoms with van der Waals surface area (Å²) in [5.41, 5.74) is 1.79. The molecule has 0 radical (unpaired) electrons. The van der Waals surface area contributed by atoms with Gasteiger partial charge in [-0.1, -0.05) is 54.6 Å². The minimum absolute atomic E-state index is 0.491. The molecule has 1 unspecified atom stereocenters. The summed E-state index contributed by atoms with van der Waals surface area (Å²) in [6.07, 6.45) is -2.32. The number of halogens is 3. The molecule has 3 aromatic carbocycles.